The molecule has 0 amide bonds. The molecule has 1 N–H and O–H groups in total. The zero-order valence-corrected chi connectivity index (χ0v) is 11.1. The minimum absolute atomic E-state index is 0.0532. The number of rotatable bonds is 4. The fraction of sp³-hybridized carbons (Fsp3) is 0.200. The summed E-state index contributed by atoms with van der Waals surface area (Å²) in [5.41, 5.74) is 1.87. The maximum Gasteiger partial charge on any atom is 0.160 e. The summed E-state index contributed by atoms with van der Waals surface area (Å²) in [6, 6.07) is 12.3. The first kappa shape index (κ1) is 12.7. The second kappa shape index (κ2) is 5.38. The van der Waals surface area contributed by atoms with E-state index < -0.39 is 0 Å². The third-order valence-electron chi connectivity index (χ3n) is 3.25. The molecule has 4 nitrogen and oxygen atoms in total. The maximum absolute atomic E-state index is 12.8. The number of nitrogens with one attached hydrogen (secondary N) is 1. The number of halogens is 1. The molecule has 2 heterocycles. The van der Waals surface area contributed by atoms with Gasteiger partial charge in [-0.1, -0.05) is 18.2 Å². The number of fused-ring (bicyclic) bond motifs is 1. The highest BCUT2D eigenvalue weighted by molar-refractivity contribution is 5.37. The molecule has 0 bridgehead atoms. The predicted octanol–water partition coefficient (Wildman–Crippen LogP) is 2.72. The number of hydrogen-bond donors (Lipinski definition) is 1. The summed E-state index contributed by atoms with van der Waals surface area (Å²) in [5.74, 6) is 0.646. The van der Waals surface area contributed by atoms with Crippen LogP contribution in [0.5, 0.6) is 0 Å². The Hall–Kier alpha value is -2.27. The van der Waals surface area contributed by atoms with Crippen molar-refractivity contribution in [3.63, 3.8) is 0 Å². The van der Waals surface area contributed by atoms with Crippen LogP contribution in [0.1, 0.15) is 24.4 Å². The SMILES string of the molecule is C[C@H](NCc1ccc(F)cc1)c1nnc2ccccn12. The standard InChI is InChI=1S/C15H15FN4/c1-11(17-10-12-5-7-13(16)8-6-12)15-19-18-14-4-2-3-9-20(14)15/h2-9,11,17H,10H2,1H3/t11-/m0/s1. The van der Waals surface area contributed by atoms with Gasteiger partial charge in [-0.15, -0.1) is 10.2 Å². The summed E-state index contributed by atoms with van der Waals surface area (Å²) in [4.78, 5) is 0. The first-order valence-electron chi connectivity index (χ1n) is 6.51. The van der Waals surface area contributed by atoms with Crippen LogP contribution in [0, 0.1) is 5.82 Å². The molecule has 0 aliphatic heterocycles. The van der Waals surface area contributed by atoms with Crippen molar-refractivity contribution in [2.75, 3.05) is 0 Å². The van der Waals surface area contributed by atoms with Crippen molar-refractivity contribution >= 4 is 5.65 Å². The van der Waals surface area contributed by atoms with Gasteiger partial charge in [0.15, 0.2) is 11.5 Å². The van der Waals surface area contributed by atoms with Gasteiger partial charge >= 0.3 is 0 Å². The lowest BCUT2D eigenvalue weighted by atomic mass is 10.2. The zero-order chi connectivity index (χ0) is 13.9. The van der Waals surface area contributed by atoms with Gasteiger partial charge in [0, 0.05) is 12.7 Å². The second-order valence-electron chi connectivity index (χ2n) is 4.72. The lowest BCUT2D eigenvalue weighted by Gasteiger charge is -2.12. The molecule has 102 valence electrons. The van der Waals surface area contributed by atoms with Crippen molar-refractivity contribution in [1.29, 1.82) is 0 Å². The Kier molecular flexibility index (Phi) is 3.43. The molecule has 0 aliphatic rings. The number of benzene rings is 1. The maximum atomic E-state index is 12.8. The smallest absolute Gasteiger partial charge is 0.160 e. The van der Waals surface area contributed by atoms with Gasteiger partial charge in [0.2, 0.25) is 0 Å². The minimum atomic E-state index is -0.217. The van der Waals surface area contributed by atoms with Crippen molar-refractivity contribution in [1.82, 2.24) is 19.9 Å². The molecular formula is C15H15FN4. The number of nitrogens with zero attached hydrogens (tertiary/aromatic N) is 3. The minimum Gasteiger partial charge on any atom is -0.303 e. The Balaban J connectivity index is 1.73. The molecule has 0 radical (unpaired) electrons. The molecule has 0 unspecified atom stereocenters. The summed E-state index contributed by atoms with van der Waals surface area (Å²) in [7, 11) is 0. The van der Waals surface area contributed by atoms with Crippen LogP contribution in [0.15, 0.2) is 48.7 Å². The zero-order valence-electron chi connectivity index (χ0n) is 11.1. The summed E-state index contributed by atoms with van der Waals surface area (Å²) in [6.45, 7) is 2.69. The molecule has 0 saturated carbocycles. The summed E-state index contributed by atoms with van der Waals surface area (Å²) >= 11 is 0. The molecule has 0 spiro atoms. The third kappa shape index (κ3) is 2.53. The van der Waals surface area contributed by atoms with Crippen molar-refractivity contribution in [2.24, 2.45) is 0 Å². The van der Waals surface area contributed by atoms with Crippen LogP contribution in [0.25, 0.3) is 5.65 Å². The molecule has 20 heavy (non-hydrogen) atoms. The summed E-state index contributed by atoms with van der Waals surface area (Å²) in [6.07, 6.45) is 1.95. The average molecular weight is 270 g/mol. The van der Waals surface area contributed by atoms with Crippen LogP contribution in [-0.2, 0) is 6.54 Å². The van der Waals surface area contributed by atoms with Gasteiger partial charge in [0.25, 0.3) is 0 Å². The monoisotopic (exact) mass is 270 g/mol. The lowest BCUT2D eigenvalue weighted by Crippen LogP contribution is -2.20. The largest absolute Gasteiger partial charge is 0.303 e. The molecule has 5 heteroatoms. The number of pyridine rings is 1. The topological polar surface area (TPSA) is 42.2 Å². The van der Waals surface area contributed by atoms with E-state index in [-0.39, 0.29) is 11.9 Å². The third-order valence-corrected chi connectivity index (χ3v) is 3.25. The van der Waals surface area contributed by atoms with Crippen LogP contribution in [0.2, 0.25) is 0 Å². The van der Waals surface area contributed by atoms with Gasteiger partial charge in [-0.25, -0.2) is 4.39 Å². The van der Waals surface area contributed by atoms with Crippen molar-refractivity contribution < 1.29 is 4.39 Å². The van der Waals surface area contributed by atoms with E-state index in [1.54, 1.807) is 12.1 Å². The quantitative estimate of drug-likeness (QED) is 0.792. The molecule has 0 fully saturated rings. The first-order valence-corrected chi connectivity index (χ1v) is 6.51. The molecule has 1 atom stereocenters. The highest BCUT2D eigenvalue weighted by atomic mass is 19.1. The normalized spacial score (nSPS) is 12.7. The highest BCUT2D eigenvalue weighted by Gasteiger charge is 2.12. The Morgan fingerprint density at radius 3 is 2.75 bits per heavy atom. The van der Waals surface area contributed by atoms with E-state index in [0.29, 0.717) is 6.54 Å². The average Bonchev–Trinajstić information content (AvgIpc) is 2.90. The van der Waals surface area contributed by atoms with Crippen LogP contribution in [-0.4, -0.2) is 14.6 Å². The summed E-state index contributed by atoms with van der Waals surface area (Å²) < 4.78 is 14.8. The molecule has 1 aromatic carbocycles. The Morgan fingerprint density at radius 2 is 1.95 bits per heavy atom. The molecule has 0 saturated heterocycles. The first-order chi connectivity index (χ1) is 9.74. The van der Waals surface area contributed by atoms with Gasteiger partial charge in [0.1, 0.15) is 5.82 Å². The summed E-state index contributed by atoms with van der Waals surface area (Å²) in [5, 5.41) is 11.7. The van der Waals surface area contributed by atoms with E-state index in [4.69, 9.17) is 0 Å². The van der Waals surface area contributed by atoms with E-state index >= 15 is 0 Å². The van der Waals surface area contributed by atoms with Crippen molar-refractivity contribution in [3.8, 4) is 0 Å². The number of hydrogen-bond acceptors (Lipinski definition) is 3. The Morgan fingerprint density at radius 1 is 1.15 bits per heavy atom. The van der Waals surface area contributed by atoms with Crippen LogP contribution in [0.4, 0.5) is 4.39 Å². The Labute approximate surface area is 116 Å². The van der Waals surface area contributed by atoms with E-state index in [0.717, 1.165) is 17.0 Å². The molecule has 3 rings (SSSR count). The van der Waals surface area contributed by atoms with Gasteiger partial charge in [0.05, 0.1) is 6.04 Å². The fourth-order valence-electron chi connectivity index (χ4n) is 2.12. The van der Waals surface area contributed by atoms with Crippen molar-refractivity contribution in [3.05, 3.63) is 65.9 Å². The fourth-order valence-corrected chi connectivity index (χ4v) is 2.12. The lowest BCUT2D eigenvalue weighted by molar-refractivity contribution is 0.540. The second-order valence-corrected chi connectivity index (χ2v) is 4.72. The van der Waals surface area contributed by atoms with Crippen LogP contribution >= 0.6 is 0 Å². The number of aromatic nitrogens is 3. The van der Waals surface area contributed by atoms with Crippen molar-refractivity contribution in [2.45, 2.75) is 19.5 Å². The molecule has 2 aromatic heterocycles. The molecule has 3 aromatic rings. The van der Waals surface area contributed by atoms with Crippen LogP contribution in [0.3, 0.4) is 0 Å². The van der Waals surface area contributed by atoms with Crippen LogP contribution < -0.4 is 5.32 Å². The van der Waals surface area contributed by atoms with Gasteiger partial charge in [-0.2, -0.15) is 0 Å². The van der Waals surface area contributed by atoms with E-state index in [9.17, 15) is 4.39 Å². The predicted molar refractivity (Wildman–Crippen MR) is 74.6 cm³/mol. The van der Waals surface area contributed by atoms with E-state index in [1.165, 1.54) is 12.1 Å². The van der Waals surface area contributed by atoms with Gasteiger partial charge in [-0.3, -0.25) is 4.40 Å². The van der Waals surface area contributed by atoms with Gasteiger partial charge in [-0.05, 0) is 36.8 Å². The Bertz CT molecular complexity index is 705. The molecule has 0 aliphatic carbocycles. The highest BCUT2D eigenvalue weighted by Crippen LogP contribution is 2.12. The van der Waals surface area contributed by atoms with E-state index in [2.05, 4.69) is 15.5 Å². The van der Waals surface area contributed by atoms with E-state index in [1.807, 2.05) is 35.7 Å². The molecular weight excluding hydrogens is 255 g/mol. The van der Waals surface area contributed by atoms with Gasteiger partial charge < -0.3 is 5.32 Å².